The van der Waals surface area contributed by atoms with E-state index in [4.69, 9.17) is 15.6 Å². The highest BCUT2D eigenvalue weighted by Crippen LogP contribution is 2.39. The number of ether oxygens (including phenoxy) is 1. The lowest BCUT2D eigenvalue weighted by molar-refractivity contribution is -0.183. The smallest absolute Gasteiger partial charge is 0.408 e. The second-order valence-electron chi connectivity index (χ2n) is 8.45. The number of aliphatic hydroxyl groups is 1. The Bertz CT molecular complexity index is 1380. The van der Waals surface area contributed by atoms with Gasteiger partial charge >= 0.3 is 6.18 Å². The molecule has 0 spiro atoms. The molecule has 1 aliphatic rings. The third kappa shape index (κ3) is 4.51. The molecule has 12 heteroatoms. The van der Waals surface area contributed by atoms with Gasteiger partial charge in [0, 0.05) is 36.8 Å². The number of likely N-dealkylation sites (tertiary alicyclic amines) is 1. The van der Waals surface area contributed by atoms with Crippen LogP contribution in [0.25, 0.3) is 28.1 Å². The molecule has 1 saturated heterocycles. The molecule has 8 nitrogen and oxygen atoms in total. The fourth-order valence-electron chi connectivity index (χ4n) is 4.42. The van der Waals surface area contributed by atoms with Crippen molar-refractivity contribution in [2.24, 2.45) is 5.73 Å². The van der Waals surface area contributed by atoms with E-state index >= 15 is 0 Å². The van der Waals surface area contributed by atoms with Crippen LogP contribution in [0.15, 0.2) is 42.6 Å². The number of aromatic nitrogens is 4. The van der Waals surface area contributed by atoms with Crippen molar-refractivity contribution in [3.05, 3.63) is 54.0 Å². The van der Waals surface area contributed by atoms with Gasteiger partial charge in [-0.05, 0) is 30.2 Å². The number of alkyl halides is 3. The van der Waals surface area contributed by atoms with Gasteiger partial charge < -0.3 is 15.6 Å². The molecule has 1 aliphatic heterocycles. The van der Waals surface area contributed by atoms with Crippen LogP contribution in [-0.2, 0) is 0 Å². The summed E-state index contributed by atoms with van der Waals surface area (Å²) in [6, 6.07) is 6.66. The monoisotopic (exact) mass is 490 g/mol. The highest BCUT2D eigenvalue weighted by molar-refractivity contribution is 5.82. The zero-order valence-corrected chi connectivity index (χ0v) is 18.4. The number of aliphatic hydroxyl groups excluding tert-OH is 1. The van der Waals surface area contributed by atoms with Crippen molar-refractivity contribution in [1.82, 2.24) is 24.5 Å². The Morgan fingerprint density at radius 1 is 1.17 bits per heavy atom. The van der Waals surface area contributed by atoms with Gasteiger partial charge in [0.1, 0.15) is 18.3 Å². The zero-order valence-electron chi connectivity index (χ0n) is 18.4. The topological polar surface area (TPSA) is 102 Å². The largest absolute Gasteiger partial charge is 0.488 e. The number of pyridine rings is 2. The lowest BCUT2D eigenvalue weighted by Crippen LogP contribution is -2.38. The molecule has 184 valence electrons. The van der Waals surface area contributed by atoms with E-state index in [0.717, 1.165) is 0 Å². The molecule has 5 rings (SSSR count). The highest BCUT2D eigenvalue weighted by Gasteiger charge is 2.46. The minimum Gasteiger partial charge on any atom is -0.488 e. The van der Waals surface area contributed by atoms with Crippen molar-refractivity contribution in [3.8, 4) is 17.3 Å². The Morgan fingerprint density at radius 2 is 2.00 bits per heavy atom. The van der Waals surface area contributed by atoms with Gasteiger partial charge in [0.05, 0.1) is 12.1 Å². The molecule has 1 aromatic carbocycles. The summed E-state index contributed by atoms with van der Waals surface area (Å²) in [5.41, 5.74) is 7.00. The van der Waals surface area contributed by atoms with E-state index in [1.54, 1.807) is 12.1 Å². The van der Waals surface area contributed by atoms with Crippen LogP contribution in [-0.4, -0.2) is 68.1 Å². The molecule has 2 atom stereocenters. The number of benzene rings is 1. The van der Waals surface area contributed by atoms with E-state index < -0.39 is 18.0 Å². The van der Waals surface area contributed by atoms with Crippen LogP contribution < -0.4 is 10.5 Å². The van der Waals surface area contributed by atoms with Gasteiger partial charge in [0.2, 0.25) is 0 Å². The quantitative estimate of drug-likeness (QED) is 0.401. The SMILES string of the molecule is N[C@H]1CCN([C@H](c2ccc3nnc(-c4ccc5cc(F)c(OCCO)cc5n4)n3c2)C(F)(F)F)C1. The maximum atomic E-state index is 14.2. The lowest BCUT2D eigenvalue weighted by Gasteiger charge is -2.30. The van der Waals surface area contributed by atoms with Crippen LogP contribution in [0.4, 0.5) is 17.6 Å². The van der Waals surface area contributed by atoms with Crippen LogP contribution in [0.5, 0.6) is 5.75 Å². The Kier molecular flexibility index (Phi) is 6.03. The van der Waals surface area contributed by atoms with Crippen LogP contribution >= 0.6 is 0 Å². The number of hydrogen-bond donors (Lipinski definition) is 2. The van der Waals surface area contributed by atoms with Crippen molar-refractivity contribution in [3.63, 3.8) is 0 Å². The van der Waals surface area contributed by atoms with Crippen molar-refractivity contribution in [2.75, 3.05) is 26.3 Å². The molecule has 4 aromatic rings. The molecular formula is C23H22F4N6O2. The molecule has 1 fully saturated rings. The summed E-state index contributed by atoms with van der Waals surface area (Å²) in [7, 11) is 0. The van der Waals surface area contributed by atoms with Gasteiger partial charge in [-0.1, -0.05) is 12.1 Å². The van der Waals surface area contributed by atoms with E-state index in [-0.39, 0.29) is 49.5 Å². The standard InChI is InChI=1S/C23H22F4N6O2/c24-16-9-13-1-3-17(29-18(13)10-19(16)35-8-7-34)22-31-30-20-4-2-14(11-33(20)22)21(23(25,26)27)32-6-5-15(28)12-32/h1-4,9-11,15,21,34H,5-8,12,28H2/t15-,21+/m0/s1. The predicted octanol–water partition coefficient (Wildman–Crippen LogP) is 3.09. The summed E-state index contributed by atoms with van der Waals surface area (Å²) in [4.78, 5) is 5.85. The van der Waals surface area contributed by atoms with Crippen LogP contribution in [0, 0.1) is 5.82 Å². The molecule has 0 unspecified atom stereocenters. The van der Waals surface area contributed by atoms with Crippen molar-refractivity contribution < 1.29 is 27.4 Å². The van der Waals surface area contributed by atoms with E-state index in [1.165, 1.54) is 39.8 Å². The Labute approximate surface area is 196 Å². The number of hydrogen-bond acceptors (Lipinski definition) is 7. The van der Waals surface area contributed by atoms with Gasteiger partial charge in [-0.25, -0.2) is 9.37 Å². The fourth-order valence-corrected chi connectivity index (χ4v) is 4.42. The molecular weight excluding hydrogens is 468 g/mol. The van der Waals surface area contributed by atoms with Crippen LogP contribution in [0.1, 0.15) is 18.0 Å². The molecule has 35 heavy (non-hydrogen) atoms. The van der Waals surface area contributed by atoms with E-state index in [2.05, 4.69) is 15.2 Å². The molecule has 4 heterocycles. The first-order chi connectivity index (χ1) is 16.7. The van der Waals surface area contributed by atoms with Gasteiger partial charge in [0.25, 0.3) is 0 Å². The highest BCUT2D eigenvalue weighted by atomic mass is 19.4. The summed E-state index contributed by atoms with van der Waals surface area (Å²) in [6.07, 6.45) is -2.63. The third-order valence-corrected chi connectivity index (χ3v) is 5.99. The second-order valence-corrected chi connectivity index (χ2v) is 8.45. The summed E-state index contributed by atoms with van der Waals surface area (Å²) in [6.45, 7) is 0.0475. The first-order valence-electron chi connectivity index (χ1n) is 11.0. The number of halogens is 4. The maximum Gasteiger partial charge on any atom is 0.408 e. The average Bonchev–Trinajstić information content (AvgIpc) is 3.42. The number of rotatable bonds is 6. The number of fused-ring (bicyclic) bond motifs is 2. The first kappa shape index (κ1) is 23.4. The van der Waals surface area contributed by atoms with Crippen molar-refractivity contribution >= 4 is 16.6 Å². The lowest BCUT2D eigenvalue weighted by atomic mass is 10.1. The molecule has 0 saturated carbocycles. The van der Waals surface area contributed by atoms with E-state index in [0.29, 0.717) is 28.7 Å². The minimum atomic E-state index is -4.50. The second kappa shape index (κ2) is 9.02. The van der Waals surface area contributed by atoms with E-state index in [9.17, 15) is 17.6 Å². The Balaban J connectivity index is 1.57. The van der Waals surface area contributed by atoms with Gasteiger partial charge in [0.15, 0.2) is 23.0 Å². The van der Waals surface area contributed by atoms with E-state index in [1.807, 2.05) is 0 Å². The molecule has 0 aliphatic carbocycles. The normalized spacial score (nSPS) is 17.9. The van der Waals surface area contributed by atoms with Crippen LogP contribution in [0.3, 0.4) is 0 Å². The van der Waals surface area contributed by atoms with Gasteiger partial charge in [-0.2, -0.15) is 13.2 Å². The van der Waals surface area contributed by atoms with Gasteiger partial charge in [-0.15, -0.1) is 10.2 Å². The Morgan fingerprint density at radius 3 is 2.71 bits per heavy atom. The fraction of sp³-hybridized carbons (Fsp3) is 0.348. The molecule has 3 aromatic heterocycles. The van der Waals surface area contributed by atoms with Crippen molar-refractivity contribution in [2.45, 2.75) is 24.7 Å². The van der Waals surface area contributed by atoms with Crippen LogP contribution in [0.2, 0.25) is 0 Å². The summed E-state index contributed by atoms with van der Waals surface area (Å²) >= 11 is 0. The molecule has 0 amide bonds. The maximum absolute atomic E-state index is 14.2. The molecule has 3 N–H and O–H groups in total. The summed E-state index contributed by atoms with van der Waals surface area (Å²) in [5.74, 6) is -0.427. The predicted molar refractivity (Wildman–Crippen MR) is 119 cm³/mol. The minimum absolute atomic E-state index is 0.0442. The van der Waals surface area contributed by atoms with Crippen molar-refractivity contribution in [1.29, 1.82) is 0 Å². The average molecular weight is 490 g/mol. The number of nitrogens with two attached hydrogens (primary N) is 1. The first-order valence-corrected chi connectivity index (χ1v) is 11.0. The molecule has 0 radical (unpaired) electrons. The third-order valence-electron chi connectivity index (χ3n) is 5.99. The molecule has 0 bridgehead atoms. The summed E-state index contributed by atoms with van der Waals surface area (Å²) in [5, 5.41) is 17.6. The number of nitrogens with zero attached hydrogens (tertiary/aromatic N) is 5. The Hall–Kier alpha value is -3.35. The summed E-state index contributed by atoms with van der Waals surface area (Å²) < 4.78 is 63.1. The zero-order chi connectivity index (χ0) is 24.7. The van der Waals surface area contributed by atoms with Gasteiger partial charge in [-0.3, -0.25) is 9.30 Å².